The lowest BCUT2D eigenvalue weighted by atomic mass is 10.1. The summed E-state index contributed by atoms with van der Waals surface area (Å²) in [6, 6.07) is 1.22. The number of alkyl halides is 3. The smallest absolute Gasteiger partial charge is 0.266 e. The van der Waals surface area contributed by atoms with Crippen molar-refractivity contribution in [1.29, 1.82) is 5.26 Å². The van der Waals surface area contributed by atoms with Crippen LogP contribution in [0.2, 0.25) is 5.02 Å². The van der Waals surface area contributed by atoms with Gasteiger partial charge in [-0.15, -0.1) is 0 Å². The zero-order chi connectivity index (χ0) is 12.5. The minimum absolute atomic E-state index is 0.332. The van der Waals surface area contributed by atoms with Gasteiger partial charge in [-0.1, -0.05) is 11.6 Å². The summed E-state index contributed by atoms with van der Waals surface area (Å²) in [5.74, 6) is -2.07. The fraction of sp³-hybridized carbons (Fsp3) is 0.556. The predicted octanol–water partition coefficient (Wildman–Crippen LogP) is 2.86. The molecule has 0 spiro atoms. The van der Waals surface area contributed by atoms with Crippen molar-refractivity contribution >= 4 is 11.6 Å². The van der Waals surface area contributed by atoms with E-state index in [9.17, 15) is 13.2 Å². The molecule has 7 heteroatoms. The molecule has 0 fully saturated rings. The molecule has 1 atom stereocenters. The maximum absolute atomic E-state index is 12.3. The molecule has 1 aromatic heterocycles. The molecule has 0 amide bonds. The van der Waals surface area contributed by atoms with Crippen LogP contribution >= 0.6 is 11.6 Å². The molecule has 0 aliphatic carbocycles. The van der Waals surface area contributed by atoms with E-state index in [-0.39, 0.29) is 0 Å². The Morgan fingerprint density at radius 3 is 2.38 bits per heavy atom. The molecule has 0 aliphatic heterocycles. The molecule has 88 valence electrons. The van der Waals surface area contributed by atoms with E-state index in [0.29, 0.717) is 16.4 Å². The lowest BCUT2D eigenvalue weighted by molar-refractivity contribution is -0.162. The second-order valence-electron chi connectivity index (χ2n) is 3.39. The number of hydrogen-bond donors (Lipinski definition) is 0. The standard InChI is InChI=1S/C9H9ClF3N3/c1-5-8(10)6(2)16(15-5)4-7(3-14)9(11,12)13/h7H,4H2,1-2H3. The molecule has 1 unspecified atom stereocenters. The van der Waals surface area contributed by atoms with Crippen molar-refractivity contribution < 1.29 is 13.2 Å². The van der Waals surface area contributed by atoms with Gasteiger partial charge in [-0.25, -0.2) is 0 Å². The molecule has 16 heavy (non-hydrogen) atoms. The second kappa shape index (κ2) is 4.34. The lowest BCUT2D eigenvalue weighted by Gasteiger charge is -2.13. The van der Waals surface area contributed by atoms with Crippen LogP contribution in [-0.4, -0.2) is 16.0 Å². The molecule has 1 heterocycles. The van der Waals surface area contributed by atoms with Crippen LogP contribution in [0.3, 0.4) is 0 Å². The molecule has 0 saturated heterocycles. The van der Waals surface area contributed by atoms with Gasteiger partial charge in [0.25, 0.3) is 0 Å². The molecular formula is C9H9ClF3N3. The third-order valence-corrected chi connectivity index (χ3v) is 2.75. The third kappa shape index (κ3) is 2.47. The van der Waals surface area contributed by atoms with E-state index in [0.717, 1.165) is 4.68 Å². The molecule has 0 aliphatic rings. The quantitative estimate of drug-likeness (QED) is 0.811. The first-order chi connectivity index (χ1) is 7.27. The van der Waals surface area contributed by atoms with Gasteiger partial charge in [-0.2, -0.15) is 23.5 Å². The molecule has 3 nitrogen and oxygen atoms in total. The molecule has 0 saturated carbocycles. The van der Waals surface area contributed by atoms with E-state index in [1.807, 2.05) is 0 Å². The summed E-state index contributed by atoms with van der Waals surface area (Å²) in [4.78, 5) is 0. The molecule has 0 radical (unpaired) electrons. The van der Waals surface area contributed by atoms with Crippen LogP contribution < -0.4 is 0 Å². The Bertz CT molecular complexity index is 430. The van der Waals surface area contributed by atoms with E-state index in [4.69, 9.17) is 16.9 Å². The first kappa shape index (κ1) is 12.8. The number of aryl methyl sites for hydroxylation is 1. The van der Waals surface area contributed by atoms with Crippen molar-refractivity contribution in [1.82, 2.24) is 9.78 Å². The van der Waals surface area contributed by atoms with Crippen molar-refractivity contribution in [3.8, 4) is 6.07 Å². The van der Waals surface area contributed by atoms with Crippen LogP contribution in [0, 0.1) is 31.1 Å². The average molecular weight is 252 g/mol. The van der Waals surface area contributed by atoms with Gasteiger partial charge in [0.2, 0.25) is 0 Å². The predicted molar refractivity (Wildman–Crippen MR) is 51.9 cm³/mol. The SMILES string of the molecule is Cc1nn(CC(C#N)C(F)(F)F)c(C)c1Cl. The highest BCUT2D eigenvalue weighted by Gasteiger charge is 2.40. The Morgan fingerprint density at radius 2 is 2.06 bits per heavy atom. The molecular weight excluding hydrogens is 243 g/mol. The molecule has 1 rings (SSSR count). The summed E-state index contributed by atoms with van der Waals surface area (Å²) in [7, 11) is 0. The van der Waals surface area contributed by atoms with E-state index in [2.05, 4.69) is 5.10 Å². The molecule has 1 aromatic rings. The van der Waals surface area contributed by atoms with Crippen molar-refractivity contribution in [3.05, 3.63) is 16.4 Å². The number of nitrogens with zero attached hydrogens (tertiary/aromatic N) is 3. The highest BCUT2D eigenvalue weighted by molar-refractivity contribution is 6.31. The Hall–Kier alpha value is -1.22. The number of rotatable bonds is 2. The van der Waals surface area contributed by atoms with Gasteiger partial charge < -0.3 is 0 Å². The maximum atomic E-state index is 12.3. The van der Waals surface area contributed by atoms with Crippen molar-refractivity contribution in [2.45, 2.75) is 26.6 Å². The van der Waals surface area contributed by atoms with E-state index < -0.39 is 18.6 Å². The second-order valence-corrected chi connectivity index (χ2v) is 3.77. The Kier molecular flexibility index (Phi) is 3.48. The minimum atomic E-state index is -4.55. The van der Waals surface area contributed by atoms with E-state index >= 15 is 0 Å². The normalized spacial score (nSPS) is 13.6. The molecule has 0 aromatic carbocycles. The number of hydrogen-bond acceptors (Lipinski definition) is 2. The highest BCUT2D eigenvalue weighted by Crippen LogP contribution is 2.28. The fourth-order valence-electron chi connectivity index (χ4n) is 1.24. The van der Waals surface area contributed by atoms with Crippen LogP contribution in [-0.2, 0) is 6.54 Å². The summed E-state index contributed by atoms with van der Waals surface area (Å²) in [6.07, 6.45) is -4.55. The van der Waals surface area contributed by atoms with Gasteiger partial charge in [0, 0.05) is 0 Å². The summed E-state index contributed by atoms with van der Waals surface area (Å²) < 4.78 is 38.2. The zero-order valence-electron chi connectivity index (χ0n) is 8.64. The first-order valence-electron chi connectivity index (χ1n) is 4.43. The summed E-state index contributed by atoms with van der Waals surface area (Å²) in [5, 5.41) is 12.6. The van der Waals surface area contributed by atoms with Crippen LogP contribution in [0.25, 0.3) is 0 Å². The lowest BCUT2D eigenvalue weighted by Crippen LogP contribution is -2.26. The summed E-state index contributed by atoms with van der Waals surface area (Å²) in [6.45, 7) is 2.63. The van der Waals surface area contributed by atoms with Gasteiger partial charge in [0.1, 0.15) is 0 Å². The van der Waals surface area contributed by atoms with Gasteiger partial charge in [0.05, 0.1) is 29.0 Å². The number of aromatic nitrogens is 2. The monoisotopic (exact) mass is 251 g/mol. The summed E-state index contributed by atoms with van der Waals surface area (Å²) >= 11 is 5.79. The Labute approximate surface area is 95.4 Å². The topological polar surface area (TPSA) is 41.6 Å². The van der Waals surface area contributed by atoms with Gasteiger partial charge in [-0.05, 0) is 13.8 Å². The molecule has 0 bridgehead atoms. The molecule has 0 N–H and O–H groups in total. The van der Waals surface area contributed by atoms with Crippen LogP contribution in [0.15, 0.2) is 0 Å². The van der Waals surface area contributed by atoms with Crippen molar-refractivity contribution in [3.63, 3.8) is 0 Å². The van der Waals surface area contributed by atoms with Crippen molar-refractivity contribution in [2.24, 2.45) is 5.92 Å². The van der Waals surface area contributed by atoms with E-state index in [1.165, 1.54) is 6.07 Å². The van der Waals surface area contributed by atoms with Crippen LogP contribution in [0.4, 0.5) is 13.2 Å². The van der Waals surface area contributed by atoms with Crippen LogP contribution in [0.5, 0.6) is 0 Å². The van der Waals surface area contributed by atoms with Gasteiger partial charge in [-0.3, -0.25) is 4.68 Å². The third-order valence-electron chi connectivity index (χ3n) is 2.20. The number of nitriles is 1. The number of halogens is 4. The average Bonchev–Trinajstić information content (AvgIpc) is 2.40. The highest BCUT2D eigenvalue weighted by atomic mass is 35.5. The van der Waals surface area contributed by atoms with Crippen molar-refractivity contribution in [2.75, 3.05) is 0 Å². The fourth-order valence-corrected chi connectivity index (χ4v) is 1.38. The summed E-state index contributed by atoms with van der Waals surface area (Å²) in [5.41, 5.74) is 0.890. The zero-order valence-corrected chi connectivity index (χ0v) is 9.39. The Balaban J connectivity index is 2.97. The first-order valence-corrected chi connectivity index (χ1v) is 4.81. The van der Waals surface area contributed by atoms with Crippen LogP contribution in [0.1, 0.15) is 11.4 Å². The van der Waals surface area contributed by atoms with E-state index in [1.54, 1.807) is 13.8 Å². The Morgan fingerprint density at radius 1 is 1.50 bits per heavy atom. The minimum Gasteiger partial charge on any atom is -0.266 e. The van der Waals surface area contributed by atoms with Gasteiger partial charge in [0.15, 0.2) is 5.92 Å². The maximum Gasteiger partial charge on any atom is 0.406 e. The van der Waals surface area contributed by atoms with Gasteiger partial charge >= 0.3 is 6.18 Å². The largest absolute Gasteiger partial charge is 0.406 e.